The Labute approximate surface area is 230 Å². The van der Waals surface area contributed by atoms with Gasteiger partial charge in [-0.25, -0.2) is 4.39 Å². The van der Waals surface area contributed by atoms with Crippen LogP contribution in [-0.4, -0.2) is 35.6 Å². The van der Waals surface area contributed by atoms with Crippen LogP contribution in [0.25, 0.3) is 10.9 Å². The predicted molar refractivity (Wildman–Crippen MR) is 147 cm³/mol. The van der Waals surface area contributed by atoms with Gasteiger partial charge in [-0.2, -0.15) is 0 Å². The van der Waals surface area contributed by atoms with Gasteiger partial charge in [-0.15, -0.1) is 0 Å². The molecule has 0 aliphatic carbocycles. The molecule has 3 aromatic carbocycles. The van der Waals surface area contributed by atoms with Crippen LogP contribution < -0.4 is 10.1 Å². The molecule has 39 heavy (non-hydrogen) atoms. The van der Waals surface area contributed by atoms with Gasteiger partial charge in [-0.1, -0.05) is 23.7 Å². The van der Waals surface area contributed by atoms with Gasteiger partial charge in [-0.3, -0.25) is 19.0 Å². The summed E-state index contributed by atoms with van der Waals surface area (Å²) in [7, 11) is 1.53. The van der Waals surface area contributed by atoms with Crippen LogP contribution in [0.15, 0.2) is 66.7 Å². The molecule has 0 fully saturated rings. The number of fused-ring (bicyclic) bond motifs is 1. The Bertz CT molecular complexity index is 1530. The largest absolute Gasteiger partial charge is 0.497 e. The first-order valence-electron chi connectivity index (χ1n) is 12.3. The highest BCUT2D eigenvalue weighted by atomic mass is 35.5. The molecule has 0 bridgehead atoms. The fourth-order valence-electron chi connectivity index (χ4n) is 4.40. The Morgan fingerprint density at radius 1 is 1.00 bits per heavy atom. The van der Waals surface area contributed by atoms with Crippen LogP contribution in [0.1, 0.15) is 47.1 Å². The van der Waals surface area contributed by atoms with E-state index in [1.807, 2.05) is 0 Å². The van der Waals surface area contributed by atoms with Crippen LogP contribution in [0.4, 0.5) is 4.39 Å². The van der Waals surface area contributed by atoms with Gasteiger partial charge >= 0.3 is 5.97 Å². The maximum absolute atomic E-state index is 13.5. The normalized spacial score (nSPS) is 12.6. The summed E-state index contributed by atoms with van der Waals surface area (Å²) in [6, 6.07) is 17.2. The molecule has 0 unspecified atom stereocenters. The van der Waals surface area contributed by atoms with Gasteiger partial charge in [0, 0.05) is 21.7 Å². The van der Waals surface area contributed by atoms with E-state index in [-0.39, 0.29) is 18.1 Å². The fourth-order valence-corrected chi connectivity index (χ4v) is 4.52. The third kappa shape index (κ3) is 6.12. The molecule has 0 saturated carbocycles. The minimum atomic E-state index is -1.07. The molecule has 0 spiro atoms. The summed E-state index contributed by atoms with van der Waals surface area (Å²) in [6.07, 6.45) is -1.24. The van der Waals surface area contributed by atoms with Crippen LogP contribution in [0.2, 0.25) is 5.02 Å². The van der Waals surface area contributed by atoms with Crippen molar-refractivity contribution >= 4 is 40.3 Å². The van der Waals surface area contributed by atoms with Crippen molar-refractivity contribution < 1.29 is 28.2 Å². The van der Waals surface area contributed by atoms with Crippen LogP contribution in [-0.2, 0) is 20.7 Å². The van der Waals surface area contributed by atoms with Crippen LogP contribution in [0.3, 0.4) is 0 Å². The number of carbonyl (C=O) groups is 3. The summed E-state index contributed by atoms with van der Waals surface area (Å²) in [4.78, 5) is 39.1. The second-order valence-electron chi connectivity index (χ2n) is 9.19. The minimum absolute atomic E-state index is 0.165. The Hall–Kier alpha value is -4.17. The number of nitrogens with zero attached hydrogens (tertiary/aromatic N) is 1. The van der Waals surface area contributed by atoms with Crippen LogP contribution in [0, 0.1) is 12.7 Å². The van der Waals surface area contributed by atoms with Gasteiger partial charge in [0.25, 0.3) is 11.8 Å². The van der Waals surface area contributed by atoms with Crippen molar-refractivity contribution in [3.05, 3.63) is 100.0 Å². The Kier molecular flexibility index (Phi) is 8.35. The first-order chi connectivity index (χ1) is 18.6. The zero-order chi connectivity index (χ0) is 28.3. The Morgan fingerprint density at radius 2 is 1.67 bits per heavy atom. The fraction of sp³-hybridized carbons (Fsp3) is 0.233. The third-order valence-electron chi connectivity index (χ3n) is 6.56. The van der Waals surface area contributed by atoms with E-state index in [1.165, 1.54) is 26.2 Å². The summed E-state index contributed by atoms with van der Waals surface area (Å²) >= 11 is 5.99. The zero-order valence-corrected chi connectivity index (χ0v) is 22.7. The van der Waals surface area contributed by atoms with Crippen molar-refractivity contribution in [3.8, 4) is 5.75 Å². The molecule has 0 radical (unpaired) electrons. The van der Waals surface area contributed by atoms with Crippen LogP contribution in [0.5, 0.6) is 5.75 Å². The monoisotopic (exact) mass is 550 g/mol. The lowest BCUT2D eigenvalue weighted by Crippen LogP contribution is -2.37. The predicted octanol–water partition coefficient (Wildman–Crippen LogP) is 5.79. The van der Waals surface area contributed by atoms with Gasteiger partial charge in [-0.05, 0) is 86.5 Å². The molecule has 202 valence electrons. The van der Waals surface area contributed by atoms with E-state index < -0.39 is 24.0 Å². The molecule has 1 heterocycles. The van der Waals surface area contributed by atoms with Gasteiger partial charge < -0.3 is 14.8 Å². The molecule has 1 amide bonds. The van der Waals surface area contributed by atoms with Gasteiger partial charge in [0.15, 0.2) is 6.10 Å². The average Bonchev–Trinajstić information content (AvgIpc) is 3.18. The maximum Gasteiger partial charge on any atom is 0.311 e. The molecule has 1 aromatic heterocycles. The Balaban J connectivity index is 1.55. The average molecular weight is 551 g/mol. The lowest BCUT2D eigenvalue weighted by Gasteiger charge is -2.18. The van der Waals surface area contributed by atoms with E-state index in [4.69, 9.17) is 21.1 Å². The molecule has 9 heteroatoms. The van der Waals surface area contributed by atoms with E-state index in [9.17, 15) is 18.8 Å². The minimum Gasteiger partial charge on any atom is -0.497 e. The number of nitrogens with one attached hydrogen (secondary N) is 1. The highest BCUT2D eigenvalue weighted by molar-refractivity contribution is 6.30. The van der Waals surface area contributed by atoms with Crippen molar-refractivity contribution in [1.29, 1.82) is 0 Å². The number of hydrogen-bond donors (Lipinski definition) is 1. The topological polar surface area (TPSA) is 86.6 Å². The molecule has 4 rings (SSSR count). The standard InChI is InChI=1S/C30H28ClFN2O5/c1-17(20-7-11-23(32)12-8-20)33-29(36)19(3)39-28(35)16-25-18(2)34(27-14-13-24(38-4)15-26(25)27)30(37)21-5-9-22(31)10-6-21/h5-15,17,19H,16H2,1-4H3,(H,33,36)/t17-,19+/m1/s1. The third-order valence-corrected chi connectivity index (χ3v) is 6.82. The molecule has 0 aliphatic heterocycles. The van der Waals surface area contributed by atoms with Crippen LogP contribution >= 0.6 is 11.6 Å². The molecule has 4 aromatic rings. The lowest BCUT2D eigenvalue weighted by molar-refractivity contribution is -0.154. The number of esters is 1. The van der Waals surface area contributed by atoms with Gasteiger partial charge in [0.1, 0.15) is 11.6 Å². The maximum atomic E-state index is 13.5. The summed E-state index contributed by atoms with van der Waals surface area (Å²) in [5.74, 6) is -1.20. The summed E-state index contributed by atoms with van der Waals surface area (Å²) in [5.41, 5.74) is 2.91. The zero-order valence-electron chi connectivity index (χ0n) is 22.0. The van der Waals surface area contributed by atoms with E-state index in [2.05, 4.69) is 5.32 Å². The number of carbonyl (C=O) groups excluding carboxylic acids is 3. The number of aromatic nitrogens is 1. The molecule has 2 atom stereocenters. The summed E-state index contributed by atoms with van der Waals surface area (Å²) < 4.78 is 25.6. The van der Waals surface area contributed by atoms with E-state index in [0.29, 0.717) is 44.1 Å². The molecule has 7 nitrogen and oxygen atoms in total. The first kappa shape index (κ1) is 27.9. The van der Waals surface area contributed by atoms with Crippen molar-refractivity contribution in [1.82, 2.24) is 9.88 Å². The highest BCUT2D eigenvalue weighted by Gasteiger charge is 2.25. The smallest absolute Gasteiger partial charge is 0.311 e. The number of halogens is 2. The second kappa shape index (κ2) is 11.7. The number of ether oxygens (including phenoxy) is 2. The van der Waals surface area contributed by atoms with Gasteiger partial charge in [0.2, 0.25) is 0 Å². The number of methoxy groups -OCH3 is 1. The SMILES string of the molecule is COc1ccc2c(c1)c(CC(=O)O[C@@H](C)C(=O)N[C@H](C)c1ccc(F)cc1)c(C)n2C(=O)c1ccc(Cl)cc1. The van der Waals surface area contributed by atoms with E-state index in [1.54, 1.807) is 73.0 Å². The first-order valence-corrected chi connectivity index (χ1v) is 12.7. The van der Waals surface area contributed by atoms with Crippen molar-refractivity contribution in [2.75, 3.05) is 7.11 Å². The number of benzene rings is 3. The van der Waals surface area contributed by atoms with E-state index >= 15 is 0 Å². The Morgan fingerprint density at radius 3 is 2.31 bits per heavy atom. The number of amides is 1. The molecule has 0 aliphatic rings. The highest BCUT2D eigenvalue weighted by Crippen LogP contribution is 2.31. The number of hydrogen-bond acceptors (Lipinski definition) is 5. The molecule has 1 N–H and O–H groups in total. The summed E-state index contributed by atoms with van der Waals surface area (Å²) in [6.45, 7) is 4.99. The quantitative estimate of drug-likeness (QED) is 0.281. The van der Waals surface area contributed by atoms with Crippen molar-refractivity contribution in [2.45, 2.75) is 39.3 Å². The molecular formula is C30H28ClFN2O5. The lowest BCUT2D eigenvalue weighted by atomic mass is 10.1. The summed E-state index contributed by atoms with van der Waals surface area (Å²) in [5, 5.41) is 3.94. The number of rotatable bonds is 8. The second-order valence-corrected chi connectivity index (χ2v) is 9.62. The molecule has 0 saturated heterocycles. The van der Waals surface area contributed by atoms with Crippen molar-refractivity contribution in [3.63, 3.8) is 0 Å². The molecular weight excluding hydrogens is 523 g/mol. The van der Waals surface area contributed by atoms with Gasteiger partial charge in [0.05, 0.1) is 25.1 Å². The van der Waals surface area contributed by atoms with E-state index in [0.717, 1.165) is 0 Å². The van der Waals surface area contributed by atoms with Crippen molar-refractivity contribution in [2.24, 2.45) is 0 Å².